The molecule has 3 aromatic rings. The molecule has 1 aromatic heterocycles. The Balaban J connectivity index is 1.81. The predicted octanol–water partition coefficient (Wildman–Crippen LogP) is 4.01. The van der Waals surface area contributed by atoms with E-state index >= 15 is 0 Å². The first-order valence-corrected chi connectivity index (χ1v) is 9.26. The molecule has 2 heterocycles. The lowest BCUT2D eigenvalue weighted by atomic mass is 9.96. The maximum absolute atomic E-state index is 11.0. The summed E-state index contributed by atoms with van der Waals surface area (Å²) in [6, 6.07) is 13.3. The van der Waals surface area contributed by atoms with Gasteiger partial charge >= 0.3 is 0 Å². The van der Waals surface area contributed by atoms with E-state index in [2.05, 4.69) is 5.10 Å². The van der Waals surface area contributed by atoms with Gasteiger partial charge in [-0.3, -0.25) is 19.8 Å². The van der Waals surface area contributed by atoms with Crippen molar-refractivity contribution in [3.63, 3.8) is 0 Å². The fourth-order valence-electron chi connectivity index (χ4n) is 3.85. The highest BCUT2D eigenvalue weighted by Gasteiger charge is 2.34. The van der Waals surface area contributed by atoms with Crippen molar-refractivity contribution in [1.82, 2.24) is 9.78 Å². The number of nitro benzene ring substituents is 1. The zero-order valence-electron chi connectivity index (χ0n) is 16.4. The van der Waals surface area contributed by atoms with Crippen LogP contribution in [0.1, 0.15) is 35.0 Å². The maximum atomic E-state index is 11.0. The Morgan fingerprint density at radius 2 is 1.83 bits per heavy atom. The zero-order valence-corrected chi connectivity index (χ0v) is 16.4. The molecule has 0 radical (unpaired) electrons. The summed E-state index contributed by atoms with van der Waals surface area (Å²) in [7, 11) is 1.90. The number of hydrazone groups is 1. The van der Waals surface area contributed by atoms with E-state index in [0.29, 0.717) is 12.0 Å². The van der Waals surface area contributed by atoms with Crippen LogP contribution in [-0.2, 0) is 7.05 Å². The number of nitro groups is 1. The highest BCUT2D eigenvalue weighted by molar-refractivity contribution is 6.05. The number of hydrogen-bond donors (Lipinski definition) is 1. The fourth-order valence-corrected chi connectivity index (χ4v) is 3.85. The molecule has 1 N–H and O–H groups in total. The van der Waals surface area contributed by atoms with E-state index in [1.54, 1.807) is 24.3 Å². The molecule has 8 nitrogen and oxygen atoms in total. The van der Waals surface area contributed by atoms with Crippen molar-refractivity contribution in [2.45, 2.75) is 26.3 Å². The topological polar surface area (TPSA) is 96.8 Å². The molecule has 0 fully saturated rings. The van der Waals surface area contributed by atoms with Crippen molar-refractivity contribution < 1.29 is 10.0 Å². The Hall–Kier alpha value is -3.68. The lowest BCUT2D eigenvalue weighted by molar-refractivity contribution is -0.384. The van der Waals surface area contributed by atoms with Crippen molar-refractivity contribution in [2.24, 2.45) is 12.1 Å². The van der Waals surface area contributed by atoms with E-state index in [4.69, 9.17) is 5.10 Å². The summed E-state index contributed by atoms with van der Waals surface area (Å²) in [5, 5.41) is 32.5. The van der Waals surface area contributed by atoms with Crippen molar-refractivity contribution in [2.75, 3.05) is 5.01 Å². The number of benzene rings is 2. The Morgan fingerprint density at radius 3 is 2.41 bits per heavy atom. The number of phenolic OH excluding ortho intramolecular Hbond substituents is 1. The maximum Gasteiger partial charge on any atom is 0.269 e. The second kappa shape index (κ2) is 7.05. The number of hydrogen-bond acceptors (Lipinski definition) is 6. The third-order valence-corrected chi connectivity index (χ3v) is 5.35. The van der Waals surface area contributed by atoms with Crippen LogP contribution in [0.15, 0.2) is 53.6 Å². The Kier molecular flexibility index (Phi) is 4.54. The number of para-hydroxylation sites is 1. The van der Waals surface area contributed by atoms with Crippen LogP contribution in [-0.4, -0.2) is 25.5 Å². The van der Waals surface area contributed by atoms with Crippen molar-refractivity contribution >= 4 is 17.1 Å². The minimum atomic E-state index is -0.419. The number of aryl methyl sites for hydroxylation is 2. The molecule has 29 heavy (non-hydrogen) atoms. The average Bonchev–Trinajstić information content (AvgIpc) is 3.23. The first-order valence-electron chi connectivity index (χ1n) is 9.26. The molecular weight excluding hydrogens is 370 g/mol. The Bertz CT molecular complexity index is 1120. The van der Waals surface area contributed by atoms with Gasteiger partial charge in [0.05, 0.1) is 28.1 Å². The lowest BCUT2D eigenvalue weighted by Gasteiger charge is -2.24. The van der Waals surface area contributed by atoms with E-state index in [1.807, 2.05) is 42.7 Å². The van der Waals surface area contributed by atoms with Gasteiger partial charge in [-0.15, -0.1) is 0 Å². The number of phenols is 1. The molecule has 2 aromatic carbocycles. The van der Waals surface area contributed by atoms with Crippen LogP contribution in [0.3, 0.4) is 0 Å². The third-order valence-electron chi connectivity index (χ3n) is 5.35. The fraction of sp³-hybridized carbons (Fsp3) is 0.238. The van der Waals surface area contributed by atoms with E-state index in [1.165, 1.54) is 12.1 Å². The molecule has 0 unspecified atom stereocenters. The number of aromatic nitrogens is 2. The molecule has 1 atom stereocenters. The van der Waals surface area contributed by atoms with Crippen LogP contribution in [0.4, 0.5) is 11.4 Å². The van der Waals surface area contributed by atoms with E-state index in [9.17, 15) is 15.2 Å². The van der Waals surface area contributed by atoms with Crippen molar-refractivity contribution in [1.29, 1.82) is 0 Å². The van der Waals surface area contributed by atoms with Crippen LogP contribution in [0, 0.1) is 24.0 Å². The molecule has 0 saturated heterocycles. The second-order valence-electron chi connectivity index (χ2n) is 7.11. The van der Waals surface area contributed by atoms with Gasteiger partial charge in [0.1, 0.15) is 5.75 Å². The molecule has 0 aliphatic carbocycles. The number of nitrogens with zero attached hydrogens (tertiary/aromatic N) is 5. The minimum absolute atomic E-state index is 0.0307. The monoisotopic (exact) mass is 391 g/mol. The Morgan fingerprint density at radius 1 is 1.14 bits per heavy atom. The van der Waals surface area contributed by atoms with Gasteiger partial charge in [-0.25, -0.2) is 0 Å². The second-order valence-corrected chi connectivity index (χ2v) is 7.11. The largest absolute Gasteiger partial charge is 0.507 e. The SMILES string of the molecule is Cc1nn(C)c(C)c1[C@H]1CC(c2ccccc2O)=NN1c1ccc([N+](=O)[O-])cc1. The standard InChI is InChI=1S/C21H21N5O3/c1-13-21(14(2)24(3)22-13)19-12-18(17-6-4-5-7-20(17)27)23-25(19)15-8-10-16(11-9-15)26(28)29/h4-11,19,27H,12H2,1-3H3/t19-/m1/s1. The van der Waals surface area contributed by atoms with Gasteiger partial charge in [-0.2, -0.15) is 10.2 Å². The van der Waals surface area contributed by atoms with E-state index < -0.39 is 4.92 Å². The summed E-state index contributed by atoms with van der Waals surface area (Å²) in [6.45, 7) is 3.98. The molecule has 4 rings (SSSR count). The minimum Gasteiger partial charge on any atom is -0.507 e. The van der Waals surface area contributed by atoms with Gasteiger partial charge in [-0.05, 0) is 38.1 Å². The van der Waals surface area contributed by atoms with Crippen molar-refractivity contribution in [3.8, 4) is 5.75 Å². The number of aromatic hydroxyl groups is 1. The average molecular weight is 391 g/mol. The normalized spacial score (nSPS) is 16.2. The summed E-state index contributed by atoms with van der Waals surface area (Å²) in [5.41, 5.74) is 5.23. The summed E-state index contributed by atoms with van der Waals surface area (Å²) in [6.07, 6.45) is 0.585. The zero-order chi connectivity index (χ0) is 20.7. The number of anilines is 1. The van der Waals surface area contributed by atoms with Gasteiger partial charge in [0.15, 0.2) is 0 Å². The smallest absolute Gasteiger partial charge is 0.269 e. The van der Waals surface area contributed by atoms with Crippen LogP contribution in [0.5, 0.6) is 5.75 Å². The van der Waals surface area contributed by atoms with Crippen molar-refractivity contribution in [3.05, 3.63) is 81.2 Å². The molecule has 0 amide bonds. The van der Waals surface area contributed by atoms with E-state index in [0.717, 1.165) is 28.4 Å². The Labute approximate surface area is 167 Å². The van der Waals surface area contributed by atoms with Gasteiger partial charge in [0, 0.05) is 42.4 Å². The summed E-state index contributed by atoms with van der Waals surface area (Å²) >= 11 is 0. The summed E-state index contributed by atoms with van der Waals surface area (Å²) < 4.78 is 1.84. The predicted molar refractivity (Wildman–Crippen MR) is 110 cm³/mol. The molecule has 0 bridgehead atoms. The summed E-state index contributed by atoms with van der Waals surface area (Å²) in [5.74, 6) is 0.176. The molecule has 1 aliphatic rings. The lowest BCUT2D eigenvalue weighted by Crippen LogP contribution is -2.20. The van der Waals surface area contributed by atoms with Crippen LogP contribution < -0.4 is 5.01 Å². The van der Waals surface area contributed by atoms with Gasteiger partial charge in [-0.1, -0.05) is 12.1 Å². The van der Waals surface area contributed by atoms with Gasteiger partial charge in [0.2, 0.25) is 0 Å². The van der Waals surface area contributed by atoms with Crippen LogP contribution in [0.25, 0.3) is 0 Å². The molecule has 0 spiro atoms. The number of rotatable bonds is 4. The molecular formula is C21H21N5O3. The van der Waals surface area contributed by atoms with Crippen LogP contribution >= 0.6 is 0 Å². The third kappa shape index (κ3) is 3.22. The highest BCUT2D eigenvalue weighted by Crippen LogP contribution is 2.40. The molecule has 1 aliphatic heterocycles. The van der Waals surface area contributed by atoms with Crippen LogP contribution in [0.2, 0.25) is 0 Å². The first kappa shape index (κ1) is 18.7. The molecule has 8 heteroatoms. The quantitative estimate of drug-likeness (QED) is 0.535. The van der Waals surface area contributed by atoms with Gasteiger partial charge < -0.3 is 5.11 Å². The first-order chi connectivity index (χ1) is 13.9. The van der Waals surface area contributed by atoms with Gasteiger partial charge in [0.25, 0.3) is 5.69 Å². The summed E-state index contributed by atoms with van der Waals surface area (Å²) in [4.78, 5) is 10.6. The molecule has 148 valence electrons. The highest BCUT2D eigenvalue weighted by atomic mass is 16.6. The van der Waals surface area contributed by atoms with E-state index in [-0.39, 0.29) is 17.5 Å². The molecule has 0 saturated carbocycles. The number of non-ortho nitro benzene ring substituents is 1.